The van der Waals surface area contributed by atoms with Gasteiger partial charge in [-0.3, -0.25) is 14.5 Å². The van der Waals surface area contributed by atoms with Crippen LogP contribution in [0.1, 0.15) is 37.0 Å². The van der Waals surface area contributed by atoms with E-state index in [0.29, 0.717) is 28.5 Å². The van der Waals surface area contributed by atoms with Gasteiger partial charge in [-0.25, -0.2) is 0 Å². The summed E-state index contributed by atoms with van der Waals surface area (Å²) < 4.78 is 11.5. The fraction of sp³-hybridized carbons (Fsp3) is 0.259. The first-order valence-corrected chi connectivity index (χ1v) is 11.1. The predicted octanol–water partition coefficient (Wildman–Crippen LogP) is 5.07. The second kappa shape index (κ2) is 9.09. The van der Waals surface area contributed by atoms with Gasteiger partial charge in [0.05, 0.1) is 11.7 Å². The molecule has 1 saturated heterocycles. The van der Waals surface area contributed by atoms with Crippen LogP contribution in [0.3, 0.4) is 0 Å². The largest absolute Gasteiger partial charge is 0.507 e. The summed E-state index contributed by atoms with van der Waals surface area (Å²) in [6, 6.07) is 16.7. The Balaban J connectivity index is 1.82. The highest BCUT2D eigenvalue weighted by molar-refractivity contribution is 6.51. The lowest BCUT2D eigenvalue weighted by Gasteiger charge is -2.24. The van der Waals surface area contributed by atoms with E-state index < -0.39 is 17.7 Å². The van der Waals surface area contributed by atoms with Gasteiger partial charge in [0, 0.05) is 31.0 Å². The Bertz CT molecular complexity index is 1240. The molecule has 1 aliphatic rings. The zero-order valence-electron chi connectivity index (χ0n) is 19.9. The van der Waals surface area contributed by atoms with Gasteiger partial charge >= 0.3 is 0 Å². The van der Waals surface area contributed by atoms with Crippen LogP contribution in [0.25, 0.3) is 5.76 Å². The molecule has 0 bridgehead atoms. The van der Waals surface area contributed by atoms with E-state index in [1.165, 1.54) is 4.90 Å². The molecular weight excluding hydrogens is 432 g/mol. The van der Waals surface area contributed by atoms with Gasteiger partial charge in [-0.1, -0.05) is 0 Å². The second-order valence-electron chi connectivity index (χ2n) is 8.72. The van der Waals surface area contributed by atoms with E-state index >= 15 is 0 Å². The van der Waals surface area contributed by atoms with Gasteiger partial charge in [-0.05, 0) is 81.4 Å². The third kappa shape index (κ3) is 4.29. The summed E-state index contributed by atoms with van der Waals surface area (Å²) in [5, 5.41) is 11.2. The van der Waals surface area contributed by atoms with Crippen molar-refractivity contribution in [2.45, 2.75) is 32.9 Å². The monoisotopic (exact) mass is 460 g/mol. The topological polar surface area (TPSA) is 83.2 Å². The number of rotatable bonds is 6. The van der Waals surface area contributed by atoms with E-state index in [-0.39, 0.29) is 17.4 Å². The number of amides is 1. The molecule has 1 aliphatic heterocycles. The number of anilines is 2. The number of furan rings is 1. The van der Waals surface area contributed by atoms with Crippen LogP contribution in [-0.2, 0) is 9.59 Å². The number of carbonyl (C=O) groups excluding carboxylic acids is 2. The number of ether oxygens (including phenoxy) is 1. The number of hydrogen-bond donors (Lipinski definition) is 1. The first-order chi connectivity index (χ1) is 16.2. The van der Waals surface area contributed by atoms with Crippen LogP contribution >= 0.6 is 0 Å². The number of carbonyl (C=O) groups is 2. The average Bonchev–Trinajstić information content (AvgIpc) is 3.34. The average molecular weight is 461 g/mol. The second-order valence-corrected chi connectivity index (χ2v) is 8.72. The van der Waals surface area contributed by atoms with Crippen LogP contribution < -0.4 is 14.5 Å². The van der Waals surface area contributed by atoms with Crippen LogP contribution in [0, 0.1) is 6.92 Å². The van der Waals surface area contributed by atoms with Crippen LogP contribution in [0.4, 0.5) is 11.4 Å². The summed E-state index contributed by atoms with van der Waals surface area (Å²) in [5.74, 6) is -0.0748. The van der Waals surface area contributed by atoms with E-state index in [9.17, 15) is 14.7 Å². The minimum absolute atomic E-state index is 0.00541. The highest BCUT2D eigenvalue weighted by atomic mass is 16.5. The molecule has 1 unspecified atom stereocenters. The SMILES string of the molecule is Cc1ccc(C2/C(=C(/O)c3ccc(OC(C)C)cc3)C(=O)C(=O)N2c2ccc(N(C)C)cc2)o1. The van der Waals surface area contributed by atoms with Crippen molar-refractivity contribution in [3.63, 3.8) is 0 Å². The van der Waals surface area contributed by atoms with Crippen molar-refractivity contribution in [2.24, 2.45) is 0 Å². The van der Waals surface area contributed by atoms with Crippen LogP contribution in [0.15, 0.2) is 70.7 Å². The molecule has 7 nitrogen and oxygen atoms in total. The number of aliphatic hydroxyl groups excluding tert-OH is 1. The van der Waals surface area contributed by atoms with Gasteiger partial charge in [0.15, 0.2) is 0 Å². The standard InChI is InChI=1S/C27H28N2O5/c1-16(2)33-21-13-7-18(8-14-21)25(30)23-24(22-15-6-17(3)34-22)29(27(32)26(23)31)20-11-9-19(10-12-20)28(4)5/h6-16,24,30H,1-5H3/b25-23-. The molecule has 2 aromatic carbocycles. The Hall–Kier alpha value is -4.00. The first-order valence-electron chi connectivity index (χ1n) is 11.1. The quantitative estimate of drug-likeness (QED) is 0.314. The van der Waals surface area contributed by atoms with Gasteiger partial charge in [0.1, 0.15) is 29.1 Å². The molecule has 1 N–H and O–H groups in total. The molecule has 4 rings (SSSR count). The molecule has 0 aliphatic carbocycles. The lowest BCUT2D eigenvalue weighted by atomic mass is 9.99. The number of aliphatic hydroxyl groups is 1. The van der Waals surface area contributed by atoms with Gasteiger partial charge in [0.25, 0.3) is 11.7 Å². The summed E-state index contributed by atoms with van der Waals surface area (Å²) >= 11 is 0. The maximum absolute atomic E-state index is 13.2. The number of ketones is 1. The summed E-state index contributed by atoms with van der Waals surface area (Å²) in [4.78, 5) is 29.7. The maximum atomic E-state index is 13.2. The predicted molar refractivity (Wildman–Crippen MR) is 131 cm³/mol. The van der Waals surface area contributed by atoms with Crippen molar-refractivity contribution < 1.29 is 23.8 Å². The Kier molecular flexibility index (Phi) is 6.20. The van der Waals surface area contributed by atoms with Crippen molar-refractivity contribution in [1.29, 1.82) is 0 Å². The van der Waals surface area contributed by atoms with Gasteiger partial charge in [-0.15, -0.1) is 0 Å². The number of Topliss-reactive ketones (excluding diaryl/α,β-unsaturated/α-hetero) is 1. The molecule has 0 saturated carbocycles. The van der Waals surface area contributed by atoms with Crippen LogP contribution in [0.5, 0.6) is 5.75 Å². The lowest BCUT2D eigenvalue weighted by Crippen LogP contribution is -2.29. The normalized spacial score (nSPS) is 17.5. The van der Waals surface area contributed by atoms with Gasteiger partial charge < -0.3 is 19.2 Å². The first kappa shape index (κ1) is 23.2. The number of aryl methyl sites for hydroxylation is 1. The molecule has 34 heavy (non-hydrogen) atoms. The highest BCUT2D eigenvalue weighted by Crippen LogP contribution is 2.43. The smallest absolute Gasteiger partial charge is 0.300 e. The van der Waals surface area contributed by atoms with Crippen molar-refractivity contribution in [1.82, 2.24) is 0 Å². The van der Waals surface area contributed by atoms with Crippen molar-refractivity contribution in [3.05, 3.63) is 83.3 Å². The van der Waals surface area contributed by atoms with Crippen molar-refractivity contribution >= 4 is 28.8 Å². The molecule has 0 radical (unpaired) electrons. The zero-order valence-corrected chi connectivity index (χ0v) is 19.9. The fourth-order valence-electron chi connectivity index (χ4n) is 4.00. The Morgan fingerprint density at radius 2 is 1.65 bits per heavy atom. The van der Waals surface area contributed by atoms with Gasteiger partial charge in [-0.2, -0.15) is 0 Å². The molecular formula is C27H28N2O5. The lowest BCUT2D eigenvalue weighted by molar-refractivity contribution is -0.132. The molecule has 1 fully saturated rings. The molecule has 7 heteroatoms. The minimum Gasteiger partial charge on any atom is -0.507 e. The molecule has 176 valence electrons. The Labute approximate surface area is 198 Å². The Morgan fingerprint density at radius 1 is 1.00 bits per heavy atom. The summed E-state index contributed by atoms with van der Waals surface area (Å²) in [5.41, 5.74) is 1.87. The van der Waals surface area contributed by atoms with Crippen molar-refractivity contribution in [2.75, 3.05) is 23.9 Å². The van der Waals surface area contributed by atoms with E-state index in [2.05, 4.69) is 0 Å². The number of nitrogens with zero attached hydrogens (tertiary/aromatic N) is 2. The molecule has 1 amide bonds. The highest BCUT2D eigenvalue weighted by Gasteiger charge is 2.48. The van der Waals surface area contributed by atoms with Gasteiger partial charge in [0.2, 0.25) is 0 Å². The molecule has 1 aromatic heterocycles. The molecule has 3 aromatic rings. The minimum atomic E-state index is -0.898. The molecule has 1 atom stereocenters. The third-order valence-electron chi connectivity index (χ3n) is 5.62. The Morgan fingerprint density at radius 3 is 2.18 bits per heavy atom. The van der Waals surface area contributed by atoms with E-state index in [1.54, 1.807) is 55.5 Å². The summed E-state index contributed by atoms with van der Waals surface area (Å²) in [6.07, 6.45) is 0.00541. The van der Waals surface area contributed by atoms with E-state index in [4.69, 9.17) is 9.15 Å². The van der Waals surface area contributed by atoms with E-state index in [1.807, 2.05) is 45.0 Å². The van der Waals surface area contributed by atoms with Crippen LogP contribution in [0.2, 0.25) is 0 Å². The summed E-state index contributed by atoms with van der Waals surface area (Å²) in [6.45, 7) is 5.63. The molecule has 2 heterocycles. The number of hydrogen-bond acceptors (Lipinski definition) is 6. The zero-order chi connectivity index (χ0) is 24.6. The fourth-order valence-corrected chi connectivity index (χ4v) is 4.00. The van der Waals surface area contributed by atoms with Crippen LogP contribution in [-0.4, -0.2) is 37.0 Å². The number of benzene rings is 2. The maximum Gasteiger partial charge on any atom is 0.300 e. The summed E-state index contributed by atoms with van der Waals surface area (Å²) in [7, 11) is 3.84. The van der Waals surface area contributed by atoms with Crippen molar-refractivity contribution in [3.8, 4) is 5.75 Å². The van der Waals surface area contributed by atoms with E-state index in [0.717, 1.165) is 5.69 Å². The third-order valence-corrected chi connectivity index (χ3v) is 5.62. The molecule has 0 spiro atoms.